The summed E-state index contributed by atoms with van der Waals surface area (Å²) in [4.78, 5) is 7.87. The molecule has 4 heteroatoms. The minimum atomic E-state index is -0.0936. The molecule has 0 saturated carbocycles. The van der Waals surface area contributed by atoms with E-state index in [1.165, 1.54) is 5.39 Å². The third-order valence-electron chi connectivity index (χ3n) is 3.25. The Labute approximate surface area is 115 Å². The zero-order chi connectivity index (χ0) is 13.2. The lowest BCUT2D eigenvalue weighted by molar-refractivity contribution is 0.810. The molecule has 2 aromatic heterocycles. The summed E-state index contributed by atoms with van der Waals surface area (Å²) in [5.74, 6) is -0.0936. The second kappa shape index (κ2) is 4.87. The first-order valence-corrected chi connectivity index (χ1v) is 7.13. The predicted molar refractivity (Wildman–Crippen MR) is 78.1 cm³/mol. The van der Waals surface area contributed by atoms with Crippen molar-refractivity contribution >= 4 is 22.2 Å². The van der Waals surface area contributed by atoms with E-state index >= 15 is 0 Å². The molecule has 0 aliphatic rings. The van der Waals surface area contributed by atoms with Gasteiger partial charge in [-0.2, -0.15) is 5.26 Å². The SMILES string of the molecule is CCC(C#N)c1nc(-c2c[nH]c3ccccc23)cs1. The highest BCUT2D eigenvalue weighted by Gasteiger charge is 2.15. The number of hydrogen-bond donors (Lipinski definition) is 1. The van der Waals surface area contributed by atoms with E-state index in [-0.39, 0.29) is 5.92 Å². The number of nitriles is 1. The highest BCUT2D eigenvalue weighted by Crippen LogP contribution is 2.32. The molecule has 0 amide bonds. The van der Waals surface area contributed by atoms with Crippen molar-refractivity contribution in [2.75, 3.05) is 0 Å². The number of para-hydroxylation sites is 1. The number of nitrogens with zero attached hydrogens (tertiary/aromatic N) is 2. The fourth-order valence-electron chi connectivity index (χ4n) is 2.18. The minimum Gasteiger partial charge on any atom is -0.360 e. The van der Waals surface area contributed by atoms with Gasteiger partial charge in [-0.3, -0.25) is 0 Å². The van der Waals surface area contributed by atoms with Gasteiger partial charge in [0.05, 0.1) is 17.7 Å². The molecule has 3 aromatic rings. The van der Waals surface area contributed by atoms with Gasteiger partial charge in [-0.15, -0.1) is 11.3 Å². The van der Waals surface area contributed by atoms with Crippen molar-refractivity contribution in [1.82, 2.24) is 9.97 Å². The molecule has 0 aliphatic heterocycles. The van der Waals surface area contributed by atoms with Crippen LogP contribution in [0.25, 0.3) is 22.2 Å². The maximum absolute atomic E-state index is 9.10. The van der Waals surface area contributed by atoms with Crippen molar-refractivity contribution < 1.29 is 0 Å². The summed E-state index contributed by atoms with van der Waals surface area (Å²) in [6.07, 6.45) is 2.79. The van der Waals surface area contributed by atoms with Crippen molar-refractivity contribution in [2.24, 2.45) is 0 Å². The van der Waals surface area contributed by atoms with Crippen molar-refractivity contribution in [3.63, 3.8) is 0 Å². The summed E-state index contributed by atoms with van der Waals surface area (Å²) in [5.41, 5.74) is 3.16. The van der Waals surface area contributed by atoms with Gasteiger partial charge in [0.25, 0.3) is 0 Å². The van der Waals surface area contributed by atoms with Gasteiger partial charge in [0.1, 0.15) is 5.01 Å². The van der Waals surface area contributed by atoms with Crippen LogP contribution in [0.4, 0.5) is 0 Å². The molecule has 0 saturated heterocycles. The van der Waals surface area contributed by atoms with E-state index in [0.29, 0.717) is 0 Å². The van der Waals surface area contributed by atoms with Crippen molar-refractivity contribution in [3.05, 3.63) is 40.8 Å². The fourth-order valence-corrected chi connectivity index (χ4v) is 3.12. The minimum absolute atomic E-state index is 0.0936. The molecule has 94 valence electrons. The van der Waals surface area contributed by atoms with E-state index in [4.69, 9.17) is 5.26 Å². The Morgan fingerprint density at radius 1 is 1.42 bits per heavy atom. The summed E-state index contributed by atoms with van der Waals surface area (Å²) < 4.78 is 0. The van der Waals surface area contributed by atoms with Gasteiger partial charge in [0.15, 0.2) is 0 Å². The molecule has 19 heavy (non-hydrogen) atoms. The molecule has 3 nitrogen and oxygen atoms in total. The lowest BCUT2D eigenvalue weighted by Crippen LogP contribution is -1.92. The monoisotopic (exact) mass is 267 g/mol. The number of H-pyrrole nitrogens is 1. The highest BCUT2D eigenvalue weighted by molar-refractivity contribution is 7.10. The van der Waals surface area contributed by atoms with Crippen molar-refractivity contribution in [1.29, 1.82) is 5.26 Å². The molecule has 2 heterocycles. The van der Waals surface area contributed by atoms with Crippen molar-refractivity contribution in [3.8, 4) is 17.3 Å². The molecule has 0 radical (unpaired) electrons. The zero-order valence-corrected chi connectivity index (χ0v) is 11.4. The smallest absolute Gasteiger partial charge is 0.110 e. The molecule has 0 aliphatic carbocycles. The number of nitrogens with one attached hydrogen (secondary N) is 1. The lowest BCUT2D eigenvalue weighted by atomic mass is 10.1. The summed E-state index contributed by atoms with van der Waals surface area (Å²) in [6, 6.07) is 10.5. The number of thiazole rings is 1. The average molecular weight is 267 g/mol. The standard InChI is InChI=1S/C15H13N3S/c1-2-10(7-16)15-18-14(9-19-15)12-8-17-13-6-4-3-5-11(12)13/h3-6,8-10,17H,2H2,1H3. The molecule has 0 spiro atoms. The molecule has 1 unspecified atom stereocenters. The summed E-state index contributed by atoms with van der Waals surface area (Å²) >= 11 is 1.57. The van der Waals surface area contributed by atoms with Crippen LogP contribution in [0.5, 0.6) is 0 Å². The number of aromatic nitrogens is 2. The summed E-state index contributed by atoms with van der Waals surface area (Å²) in [7, 11) is 0. The Kier molecular flexibility index (Phi) is 3.06. The Bertz CT molecular complexity index is 748. The molecule has 1 N–H and O–H groups in total. The quantitative estimate of drug-likeness (QED) is 0.768. The Morgan fingerprint density at radius 2 is 2.26 bits per heavy atom. The van der Waals surface area contributed by atoms with Crippen LogP contribution in [0.1, 0.15) is 24.3 Å². The third-order valence-corrected chi connectivity index (χ3v) is 4.21. The average Bonchev–Trinajstić information content (AvgIpc) is 3.06. The Hall–Kier alpha value is -2.12. The summed E-state index contributed by atoms with van der Waals surface area (Å²) in [5, 5.41) is 13.2. The molecule has 1 aromatic carbocycles. The van der Waals surface area contributed by atoms with E-state index in [0.717, 1.165) is 28.2 Å². The molecular formula is C15H13N3S. The first-order valence-electron chi connectivity index (χ1n) is 6.25. The largest absolute Gasteiger partial charge is 0.360 e. The fraction of sp³-hybridized carbons (Fsp3) is 0.200. The van der Waals surface area contributed by atoms with Gasteiger partial charge in [-0.05, 0) is 12.5 Å². The van der Waals surface area contributed by atoms with Crippen LogP contribution in [0.15, 0.2) is 35.8 Å². The molecular weight excluding hydrogens is 254 g/mol. The van der Waals surface area contributed by atoms with Crippen LogP contribution < -0.4 is 0 Å². The zero-order valence-electron chi connectivity index (χ0n) is 10.6. The Balaban J connectivity index is 2.06. The first kappa shape index (κ1) is 11.9. The molecule has 1 atom stereocenters. The number of rotatable bonds is 3. The van der Waals surface area contributed by atoms with E-state index in [9.17, 15) is 0 Å². The first-order chi connectivity index (χ1) is 9.33. The maximum Gasteiger partial charge on any atom is 0.110 e. The molecule has 0 fully saturated rings. The van der Waals surface area contributed by atoms with E-state index in [1.807, 2.05) is 30.6 Å². The van der Waals surface area contributed by atoms with E-state index in [1.54, 1.807) is 11.3 Å². The summed E-state index contributed by atoms with van der Waals surface area (Å²) in [6.45, 7) is 2.01. The van der Waals surface area contributed by atoms with Gasteiger partial charge >= 0.3 is 0 Å². The maximum atomic E-state index is 9.10. The second-order valence-electron chi connectivity index (χ2n) is 4.41. The number of hydrogen-bond acceptors (Lipinski definition) is 3. The van der Waals surface area contributed by atoms with Gasteiger partial charge in [0, 0.05) is 28.0 Å². The van der Waals surface area contributed by atoms with Gasteiger partial charge in [-0.1, -0.05) is 25.1 Å². The van der Waals surface area contributed by atoms with Gasteiger partial charge < -0.3 is 4.98 Å². The normalized spacial score (nSPS) is 12.4. The second-order valence-corrected chi connectivity index (χ2v) is 5.30. The Morgan fingerprint density at radius 3 is 3.05 bits per heavy atom. The lowest BCUT2D eigenvalue weighted by Gasteiger charge is -1.99. The number of fused-ring (bicyclic) bond motifs is 1. The molecule has 0 bridgehead atoms. The van der Waals surface area contributed by atoms with Crippen LogP contribution in [-0.4, -0.2) is 9.97 Å². The number of aromatic amines is 1. The van der Waals surface area contributed by atoms with Crippen molar-refractivity contribution in [2.45, 2.75) is 19.3 Å². The number of benzene rings is 1. The third kappa shape index (κ3) is 2.02. The van der Waals surface area contributed by atoms with Crippen LogP contribution in [0.3, 0.4) is 0 Å². The van der Waals surface area contributed by atoms with Crippen LogP contribution >= 0.6 is 11.3 Å². The highest BCUT2D eigenvalue weighted by atomic mass is 32.1. The van der Waals surface area contributed by atoms with Gasteiger partial charge in [0.2, 0.25) is 0 Å². The predicted octanol–water partition coefficient (Wildman–Crippen LogP) is 4.31. The van der Waals surface area contributed by atoms with Crippen LogP contribution in [-0.2, 0) is 0 Å². The van der Waals surface area contributed by atoms with E-state index < -0.39 is 0 Å². The molecule has 3 rings (SSSR count). The van der Waals surface area contributed by atoms with Gasteiger partial charge in [-0.25, -0.2) is 4.98 Å². The van der Waals surface area contributed by atoms with Crippen LogP contribution in [0, 0.1) is 11.3 Å². The topological polar surface area (TPSA) is 52.5 Å². The van der Waals surface area contributed by atoms with E-state index in [2.05, 4.69) is 28.2 Å². The van der Waals surface area contributed by atoms with Crippen LogP contribution in [0.2, 0.25) is 0 Å².